The van der Waals surface area contributed by atoms with Crippen LogP contribution in [0.4, 0.5) is 0 Å². The van der Waals surface area contributed by atoms with Crippen LogP contribution in [0.3, 0.4) is 0 Å². The van der Waals surface area contributed by atoms with Gasteiger partial charge < -0.3 is 15.8 Å². The van der Waals surface area contributed by atoms with Gasteiger partial charge in [-0.1, -0.05) is 44.2 Å². The third-order valence-electron chi connectivity index (χ3n) is 3.15. The Labute approximate surface area is 121 Å². The maximum Gasteiger partial charge on any atom is 0.237 e. The first-order chi connectivity index (χ1) is 9.61. The van der Waals surface area contributed by atoms with E-state index in [4.69, 9.17) is 10.5 Å². The Hall–Kier alpha value is -1.39. The lowest BCUT2D eigenvalue weighted by molar-refractivity contribution is -0.123. The molecule has 1 amide bonds. The van der Waals surface area contributed by atoms with E-state index in [1.54, 1.807) is 0 Å². The van der Waals surface area contributed by atoms with Crippen LogP contribution in [0, 0.1) is 5.92 Å². The minimum absolute atomic E-state index is 0.0646. The molecule has 0 aliphatic heterocycles. The molecule has 0 aromatic heterocycles. The van der Waals surface area contributed by atoms with E-state index < -0.39 is 6.04 Å². The number of hydrogen-bond donors (Lipinski definition) is 2. The number of nitrogens with one attached hydrogen (secondary N) is 1. The van der Waals surface area contributed by atoms with Crippen LogP contribution in [-0.2, 0) is 16.1 Å². The van der Waals surface area contributed by atoms with Crippen LogP contribution >= 0.6 is 0 Å². The second-order valence-corrected chi connectivity index (χ2v) is 5.31. The van der Waals surface area contributed by atoms with Crippen molar-refractivity contribution in [1.29, 1.82) is 0 Å². The van der Waals surface area contributed by atoms with Crippen molar-refractivity contribution in [3.63, 3.8) is 0 Å². The van der Waals surface area contributed by atoms with Gasteiger partial charge in [-0.15, -0.1) is 0 Å². The molecule has 4 nitrogen and oxygen atoms in total. The summed E-state index contributed by atoms with van der Waals surface area (Å²) in [5.74, 6) is 0.106. The minimum Gasteiger partial charge on any atom is -0.377 e. The lowest BCUT2D eigenvalue weighted by Gasteiger charge is -2.15. The van der Waals surface area contributed by atoms with Gasteiger partial charge in [-0.2, -0.15) is 0 Å². The van der Waals surface area contributed by atoms with E-state index in [-0.39, 0.29) is 11.8 Å². The van der Waals surface area contributed by atoms with Crippen molar-refractivity contribution >= 4 is 5.91 Å². The molecule has 0 fully saturated rings. The summed E-state index contributed by atoms with van der Waals surface area (Å²) in [6, 6.07) is 9.69. The van der Waals surface area contributed by atoms with E-state index in [1.165, 1.54) is 5.56 Å². The topological polar surface area (TPSA) is 64.4 Å². The number of amides is 1. The summed E-state index contributed by atoms with van der Waals surface area (Å²) in [7, 11) is 0. The van der Waals surface area contributed by atoms with E-state index in [2.05, 4.69) is 5.32 Å². The molecule has 0 saturated heterocycles. The quantitative estimate of drug-likeness (QED) is 0.680. The molecule has 0 aliphatic rings. The molecule has 0 unspecified atom stereocenters. The van der Waals surface area contributed by atoms with Crippen LogP contribution in [0.5, 0.6) is 0 Å². The van der Waals surface area contributed by atoms with E-state index >= 15 is 0 Å². The minimum atomic E-state index is -0.413. The molecule has 0 radical (unpaired) electrons. The van der Waals surface area contributed by atoms with Crippen molar-refractivity contribution in [2.75, 3.05) is 13.2 Å². The van der Waals surface area contributed by atoms with Gasteiger partial charge in [0.25, 0.3) is 0 Å². The van der Waals surface area contributed by atoms with Gasteiger partial charge in [-0.05, 0) is 24.3 Å². The molecule has 1 atom stereocenters. The highest BCUT2D eigenvalue weighted by Crippen LogP contribution is 2.01. The van der Waals surface area contributed by atoms with E-state index in [0.29, 0.717) is 19.8 Å². The van der Waals surface area contributed by atoms with Gasteiger partial charge in [0.1, 0.15) is 0 Å². The number of nitrogens with two attached hydrogens (primary N) is 1. The molecule has 0 bridgehead atoms. The summed E-state index contributed by atoms with van der Waals surface area (Å²) >= 11 is 0. The predicted octanol–water partition coefficient (Wildman–Crippen LogP) is 2.08. The van der Waals surface area contributed by atoms with Crippen molar-refractivity contribution in [3.8, 4) is 0 Å². The molecule has 1 aromatic rings. The summed E-state index contributed by atoms with van der Waals surface area (Å²) in [5.41, 5.74) is 6.93. The van der Waals surface area contributed by atoms with Crippen LogP contribution in [0.25, 0.3) is 0 Å². The first-order valence-corrected chi connectivity index (χ1v) is 7.26. The maximum absolute atomic E-state index is 11.6. The first-order valence-electron chi connectivity index (χ1n) is 7.26. The standard InChI is InChI=1S/C16H26N2O2/c1-13(2)15(17)16(19)18-10-6-7-11-20-12-14-8-4-3-5-9-14/h3-5,8-9,13,15H,6-7,10-12,17H2,1-2H3,(H,18,19)/t15-/m0/s1. The average molecular weight is 278 g/mol. The highest BCUT2D eigenvalue weighted by molar-refractivity contribution is 5.81. The van der Waals surface area contributed by atoms with Gasteiger partial charge in [0.15, 0.2) is 0 Å². The molecule has 0 spiro atoms. The van der Waals surface area contributed by atoms with Gasteiger partial charge in [0.05, 0.1) is 12.6 Å². The van der Waals surface area contributed by atoms with Gasteiger partial charge in [-0.3, -0.25) is 4.79 Å². The van der Waals surface area contributed by atoms with Crippen LogP contribution in [0.15, 0.2) is 30.3 Å². The fourth-order valence-corrected chi connectivity index (χ4v) is 1.73. The summed E-state index contributed by atoms with van der Waals surface area (Å²) in [5, 5.41) is 2.85. The molecule has 112 valence electrons. The van der Waals surface area contributed by atoms with Crippen molar-refractivity contribution < 1.29 is 9.53 Å². The first kappa shape index (κ1) is 16.7. The Kier molecular flexibility index (Phi) is 7.92. The Morgan fingerprint density at radius 3 is 2.60 bits per heavy atom. The van der Waals surface area contributed by atoms with E-state index in [9.17, 15) is 4.79 Å². The SMILES string of the molecule is CC(C)[C@H](N)C(=O)NCCCCOCc1ccccc1. The largest absolute Gasteiger partial charge is 0.377 e. The zero-order valence-electron chi connectivity index (χ0n) is 12.5. The number of hydrogen-bond acceptors (Lipinski definition) is 3. The number of ether oxygens (including phenoxy) is 1. The normalized spacial score (nSPS) is 12.4. The molecule has 0 saturated carbocycles. The lowest BCUT2D eigenvalue weighted by Crippen LogP contribution is -2.44. The van der Waals surface area contributed by atoms with Gasteiger partial charge in [0, 0.05) is 13.2 Å². The summed E-state index contributed by atoms with van der Waals surface area (Å²) < 4.78 is 5.58. The maximum atomic E-state index is 11.6. The van der Waals surface area contributed by atoms with E-state index in [0.717, 1.165) is 12.8 Å². The second-order valence-electron chi connectivity index (χ2n) is 5.31. The smallest absolute Gasteiger partial charge is 0.237 e. The molecule has 0 heterocycles. The van der Waals surface area contributed by atoms with Crippen LogP contribution < -0.4 is 11.1 Å². The van der Waals surface area contributed by atoms with Crippen molar-refractivity contribution in [2.24, 2.45) is 11.7 Å². The molecular weight excluding hydrogens is 252 g/mol. The summed E-state index contributed by atoms with van der Waals surface area (Å²) in [6.07, 6.45) is 1.84. The monoisotopic (exact) mass is 278 g/mol. The third-order valence-corrected chi connectivity index (χ3v) is 3.15. The number of rotatable bonds is 9. The zero-order valence-corrected chi connectivity index (χ0v) is 12.5. The second kappa shape index (κ2) is 9.50. The van der Waals surface area contributed by atoms with Crippen LogP contribution in [-0.4, -0.2) is 25.1 Å². The molecule has 1 rings (SSSR count). The van der Waals surface area contributed by atoms with Gasteiger partial charge >= 0.3 is 0 Å². The Morgan fingerprint density at radius 2 is 1.95 bits per heavy atom. The van der Waals surface area contributed by atoms with E-state index in [1.807, 2.05) is 44.2 Å². The molecule has 1 aromatic carbocycles. The highest BCUT2D eigenvalue weighted by atomic mass is 16.5. The fraction of sp³-hybridized carbons (Fsp3) is 0.562. The van der Waals surface area contributed by atoms with Crippen molar-refractivity contribution in [2.45, 2.75) is 39.3 Å². The van der Waals surface area contributed by atoms with Crippen molar-refractivity contribution in [1.82, 2.24) is 5.32 Å². The van der Waals surface area contributed by atoms with Crippen LogP contribution in [0.1, 0.15) is 32.3 Å². The lowest BCUT2D eigenvalue weighted by atomic mass is 10.1. The molecule has 20 heavy (non-hydrogen) atoms. The zero-order chi connectivity index (χ0) is 14.8. The van der Waals surface area contributed by atoms with Crippen molar-refractivity contribution in [3.05, 3.63) is 35.9 Å². The molecule has 4 heteroatoms. The Bertz CT molecular complexity index is 379. The van der Waals surface area contributed by atoms with Crippen LogP contribution in [0.2, 0.25) is 0 Å². The third kappa shape index (κ3) is 6.68. The summed E-state index contributed by atoms with van der Waals surface area (Å²) in [4.78, 5) is 11.6. The molecule has 3 N–H and O–H groups in total. The predicted molar refractivity (Wildman–Crippen MR) is 81.2 cm³/mol. The van der Waals surface area contributed by atoms with Gasteiger partial charge in [-0.25, -0.2) is 0 Å². The summed E-state index contributed by atoms with van der Waals surface area (Å²) in [6.45, 7) is 5.91. The Morgan fingerprint density at radius 1 is 1.25 bits per heavy atom. The average Bonchev–Trinajstić information content (AvgIpc) is 2.46. The molecular formula is C16H26N2O2. The fourth-order valence-electron chi connectivity index (χ4n) is 1.73. The number of unbranched alkanes of at least 4 members (excludes halogenated alkanes) is 1. The number of benzene rings is 1. The highest BCUT2D eigenvalue weighted by Gasteiger charge is 2.15. The van der Waals surface area contributed by atoms with Gasteiger partial charge in [0.2, 0.25) is 5.91 Å². The number of carbonyl (C=O) groups is 1. The molecule has 0 aliphatic carbocycles. The Balaban J connectivity index is 1.99. The number of carbonyl (C=O) groups excluding carboxylic acids is 1.